The zero-order valence-electron chi connectivity index (χ0n) is 12.3. The Morgan fingerprint density at radius 3 is 2.76 bits per heavy atom. The number of carbonyl (C=O) groups excluding carboxylic acids is 1. The number of benzene rings is 2. The molecule has 1 amide bonds. The first kappa shape index (κ1) is 14.3. The highest BCUT2D eigenvalue weighted by molar-refractivity contribution is 9.10. The third kappa shape index (κ3) is 2.75. The van der Waals surface area contributed by atoms with Gasteiger partial charge >= 0.3 is 0 Å². The maximum absolute atomic E-state index is 12.8. The molecule has 0 bridgehead atoms. The highest BCUT2D eigenvalue weighted by atomic mass is 79.9. The van der Waals surface area contributed by atoms with Gasteiger partial charge < -0.3 is 4.90 Å². The molecule has 0 saturated carbocycles. The van der Waals surface area contributed by atoms with Crippen LogP contribution in [0, 0.1) is 6.92 Å². The van der Waals surface area contributed by atoms with Gasteiger partial charge in [0.1, 0.15) is 0 Å². The van der Waals surface area contributed by atoms with Crippen molar-refractivity contribution in [2.75, 3.05) is 7.05 Å². The first-order valence-corrected chi connectivity index (χ1v) is 7.98. The quantitative estimate of drug-likeness (QED) is 0.785. The second-order valence-corrected chi connectivity index (χ2v) is 6.60. The number of carbonyl (C=O) groups is 1. The third-order valence-corrected chi connectivity index (χ3v) is 4.64. The van der Waals surface area contributed by atoms with Crippen molar-refractivity contribution in [1.29, 1.82) is 0 Å². The van der Waals surface area contributed by atoms with E-state index in [9.17, 15) is 4.79 Å². The van der Waals surface area contributed by atoms with Gasteiger partial charge in [0.15, 0.2) is 0 Å². The Kier molecular flexibility index (Phi) is 3.85. The molecule has 0 spiro atoms. The van der Waals surface area contributed by atoms with Crippen molar-refractivity contribution < 1.29 is 4.79 Å². The molecule has 0 radical (unpaired) electrons. The maximum atomic E-state index is 12.8. The predicted molar refractivity (Wildman–Crippen MR) is 88.5 cm³/mol. The van der Waals surface area contributed by atoms with E-state index in [1.54, 1.807) is 0 Å². The molecular formula is C18H18BrNO. The molecule has 3 heteroatoms. The van der Waals surface area contributed by atoms with Gasteiger partial charge in [0.2, 0.25) is 0 Å². The lowest BCUT2D eigenvalue weighted by atomic mass is 10.1. The van der Waals surface area contributed by atoms with E-state index in [0.717, 1.165) is 28.4 Å². The Morgan fingerprint density at radius 1 is 1.24 bits per heavy atom. The van der Waals surface area contributed by atoms with Crippen molar-refractivity contribution in [1.82, 2.24) is 4.90 Å². The minimum Gasteiger partial charge on any atom is -0.335 e. The Labute approximate surface area is 133 Å². The van der Waals surface area contributed by atoms with Crippen LogP contribution in [-0.4, -0.2) is 17.9 Å². The lowest BCUT2D eigenvalue weighted by Gasteiger charge is -2.26. The molecule has 1 unspecified atom stereocenters. The third-order valence-electron chi connectivity index (χ3n) is 4.18. The fourth-order valence-corrected chi connectivity index (χ4v) is 3.75. The van der Waals surface area contributed by atoms with Crippen LogP contribution in [0.2, 0.25) is 0 Å². The average molecular weight is 344 g/mol. The molecule has 0 aliphatic heterocycles. The molecule has 0 N–H and O–H groups in total. The van der Waals surface area contributed by atoms with E-state index in [-0.39, 0.29) is 11.9 Å². The Bertz CT molecular complexity index is 675. The molecule has 1 aliphatic rings. The number of aryl methyl sites for hydroxylation is 2. The van der Waals surface area contributed by atoms with Gasteiger partial charge in [-0.15, -0.1) is 0 Å². The summed E-state index contributed by atoms with van der Waals surface area (Å²) in [6, 6.07) is 14.5. The van der Waals surface area contributed by atoms with Crippen molar-refractivity contribution in [3.8, 4) is 0 Å². The molecule has 0 aromatic heterocycles. The predicted octanol–water partition coefficient (Wildman–Crippen LogP) is 4.52. The van der Waals surface area contributed by atoms with Gasteiger partial charge in [0, 0.05) is 17.1 Å². The Morgan fingerprint density at radius 2 is 2.00 bits per heavy atom. The summed E-state index contributed by atoms with van der Waals surface area (Å²) in [5, 5.41) is 0. The summed E-state index contributed by atoms with van der Waals surface area (Å²) < 4.78 is 0.950. The van der Waals surface area contributed by atoms with Crippen molar-refractivity contribution in [2.45, 2.75) is 25.8 Å². The first-order chi connectivity index (χ1) is 10.1. The summed E-state index contributed by atoms with van der Waals surface area (Å²) in [5.41, 5.74) is 4.49. The Hall–Kier alpha value is -1.61. The van der Waals surface area contributed by atoms with Crippen LogP contribution in [-0.2, 0) is 6.42 Å². The van der Waals surface area contributed by atoms with E-state index in [4.69, 9.17) is 0 Å². The van der Waals surface area contributed by atoms with E-state index in [1.807, 2.05) is 37.1 Å². The lowest BCUT2D eigenvalue weighted by molar-refractivity contribution is 0.0730. The highest BCUT2D eigenvalue weighted by Gasteiger charge is 2.28. The van der Waals surface area contributed by atoms with Crippen molar-refractivity contribution in [3.05, 3.63) is 69.2 Å². The summed E-state index contributed by atoms with van der Waals surface area (Å²) in [6.45, 7) is 2.01. The second-order valence-electron chi connectivity index (χ2n) is 5.69. The summed E-state index contributed by atoms with van der Waals surface area (Å²) in [5.74, 6) is 0.0844. The fourth-order valence-electron chi connectivity index (χ4n) is 3.14. The number of hydrogen-bond acceptors (Lipinski definition) is 1. The van der Waals surface area contributed by atoms with Crippen LogP contribution in [0.25, 0.3) is 0 Å². The molecule has 1 aliphatic carbocycles. The summed E-state index contributed by atoms with van der Waals surface area (Å²) in [6.07, 6.45) is 2.06. The van der Waals surface area contributed by atoms with E-state index < -0.39 is 0 Å². The molecular weight excluding hydrogens is 326 g/mol. The van der Waals surface area contributed by atoms with Crippen LogP contribution in [0.4, 0.5) is 0 Å². The number of rotatable bonds is 2. The van der Waals surface area contributed by atoms with Crippen molar-refractivity contribution in [3.63, 3.8) is 0 Å². The van der Waals surface area contributed by atoms with Gasteiger partial charge in [-0.3, -0.25) is 4.79 Å². The minimum absolute atomic E-state index is 0.0844. The van der Waals surface area contributed by atoms with Crippen LogP contribution in [0.5, 0.6) is 0 Å². The molecule has 2 nitrogen and oxygen atoms in total. The monoisotopic (exact) mass is 343 g/mol. The summed E-state index contributed by atoms with van der Waals surface area (Å²) in [4.78, 5) is 14.6. The van der Waals surface area contributed by atoms with Crippen LogP contribution >= 0.6 is 15.9 Å². The maximum Gasteiger partial charge on any atom is 0.254 e. The number of hydrogen-bond donors (Lipinski definition) is 0. The lowest BCUT2D eigenvalue weighted by Crippen LogP contribution is -2.30. The molecule has 0 saturated heterocycles. The van der Waals surface area contributed by atoms with Crippen LogP contribution < -0.4 is 0 Å². The number of fused-ring (bicyclic) bond motifs is 1. The fraction of sp³-hybridized carbons (Fsp3) is 0.278. The summed E-state index contributed by atoms with van der Waals surface area (Å²) >= 11 is 3.47. The summed E-state index contributed by atoms with van der Waals surface area (Å²) in [7, 11) is 1.91. The second kappa shape index (κ2) is 5.64. The van der Waals surface area contributed by atoms with Gasteiger partial charge in [-0.25, -0.2) is 0 Å². The number of amides is 1. The van der Waals surface area contributed by atoms with E-state index in [2.05, 4.69) is 40.2 Å². The van der Waals surface area contributed by atoms with Gasteiger partial charge in [-0.05, 0) is 54.7 Å². The minimum atomic E-state index is 0.0844. The Balaban J connectivity index is 1.89. The van der Waals surface area contributed by atoms with E-state index >= 15 is 0 Å². The SMILES string of the molecule is Cc1cc(Br)cc(C(=O)N(C)C2CCc3ccccc32)c1. The van der Waals surface area contributed by atoms with Crippen molar-refractivity contribution >= 4 is 21.8 Å². The average Bonchev–Trinajstić information content (AvgIpc) is 2.88. The molecule has 2 aromatic carbocycles. The normalized spacial score (nSPS) is 16.6. The zero-order valence-corrected chi connectivity index (χ0v) is 13.9. The van der Waals surface area contributed by atoms with Crippen LogP contribution in [0.15, 0.2) is 46.9 Å². The van der Waals surface area contributed by atoms with Crippen LogP contribution in [0.3, 0.4) is 0 Å². The molecule has 1 atom stereocenters. The van der Waals surface area contributed by atoms with Gasteiger partial charge in [0.25, 0.3) is 5.91 Å². The van der Waals surface area contributed by atoms with E-state index in [0.29, 0.717) is 0 Å². The molecule has 3 rings (SSSR count). The molecule has 0 fully saturated rings. The molecule has 108 valence electrons. The topological polar surface area (TPSA) is 20.3 Å². The molecule has 2 aromatic rings. The van der Waals surface area contributed by atoms with Crippen molar-refractivity contribution in [2.24, 2.45) is 0 Å². The first-order valence-electron chi connectivity index (χ1n) is 7.18. The van der Waals surface area contributed by atoms with E-state index in [1.165, 1.54) is 11.1 Å². The number of halogens is 1. The van der Waals surface area contributed by atoms with Gasteiger partial charge in [-0.2, -0.15) is 0 Å². The number of nitrogens with zero attached hydrogens (tertiary/aromatic N) is 1. The zero-order chi connectivity index (χ0) is 15.0. The van der Waals surface area contributed by atoms with Crippen LogP contribution in [0.1, 0.15) is 39.5 Å². The van der Waals surface area contributed by atoms with Gasteiger partial charge in [0.05, 0.1) is 6.04 Å². The largest absolute Gasteiger partial charge is 0.335 e. The standard InChI is InChI=1S/C18H18BrNO/c1-12-9-14(11-15(19)10-12)18(21)20(2)17-8-7-13-5-3-4-6-16(13)17/h3-6,9-11,17H,7-8H2,1-2H3. The molecule has 21 heavy (non-hydrogen) atoms. The smallest absolute Gasteiger partial charge is 0.254 e. The van der Waals surface area contributed by atoms with Gasteiger partial charge in [-0.1, -0.05) is 40.2 Å². The highest BCUT2D eigenvalue weighted by Crippen LogP contribution is 2.35. The molecule has 0 heterocycles.